The summed E-state index contributed by atoms with van der Waals surface area (Å²) in [6.45, 7) is 6.47. The lowest BCUT2D eigenvalue weighted by molar-refractivity contribution is -0.123. The number of hydrogen-bond acceptors (Lipinski definition) is 1. The molecule has 0 aromatic heterocycles. The second kappa shape index (κ2) is 2.89. The van der Waals surface area contributed by atoms with E-state index in [1.54, 1.807) is 0 Å². The lowest BCUT2D eigenvalue weighted by Crippen LogP contribution is -2.36. The largest absolute Gasteiger partial charge is 0.298 e. The molecule has 1 rings (SSSR count). The standard InChI is InChI=1S/C9H15BrO/c1-6-4-9(2,3)5-7(11)8(6)10/h6,8H,4-5H2,1-3H3. The van der Waals surface area contributed by atoms with Crippen molar-refractivity contribution in [2.75, 3.05) is 0 Å². The van der Waals surface area contributed by atoms with E-state index in [1.807, 2.05) is 0 Å². The first kappa shape index (κ1) is 9.24. The molecule has 0 spiro atoms. The van der Waals surface area contributed by atoms with Crippen LogP contribution < -0.4 is 0 Å². The minimum atomic E-state index is 0.107. The van der Waals surface area contributed by atoms with Crippen LogP contribution in [0.25, 0.3) is 0 Å². The van der Waals surface area contributed by atoms with Crippen molar-refractivity contribution in [2.45, 2.75) is 38.4 Å². The summed E-state index contributed by atoms with van der Waals surface area (Å²) in [5, 5.41) is 0. The number of halogens is 1. The highest BCUT2D eigenvalue weighted by molar-refractivity contribution is 9.10. The van der Waals surface area contributed by atoms with E-state index in [1.165, 1.54) is 0 Å². The zero-order valence-corrected chi connectivity index (χ0v) is 8.94. The fourth-order valence-corrected chi connectivity index (χ4v) is 2.28. The molecular weight excluding hydrogens is 204 g/mol. The van der Waals surface area contributed by atoms with Gasteiger partial charge < -0.3 is 0 Å². The van der Waals surface area contributed by atoms with Crippen molar-refractivity contribution in [1.82, 2.24) is 0 Å². The van der Waals surface area contributed by atoms with Gasteiger partial charge in [-0.3, -0.25) is 4.79 Å². The SMILES string of the molecule is CC1CC(C)(C)CC(=O)C1Br. The minimum absolute atomic E-state index is 0.107. The molecule has 0 saturated heterocycles. The van der Waals surface area contributed by atoms with E-state index >= 15 is 0 Å². The fraction of sp³-hybridized carbons (Fsp3) is 0.889. The number of Topliss-reactive ketones (excluding diaryl/α,β-unsaturated/α-hetero) is 1. The Kier molecular flexibility index (Phi) is 2.43. The Morgan fingerprint density at radius 1 is 1.55 bits per heavy atom. The van der Waals surface area contributed by atoms with Crippen molar-refractivity contribution in [3.8, 4) is 0 Å². The Morgan fingerprint density at radius 2 is 2.09 bits per heavy atom. The summed E-state index contributed by atoms with van der Waals surface area (Å²) >= 11 is 3.42. The summed E-state index contributed by atoms with van der Waals surface area (Å²) in [6, 6.07) is 0. The van der Waals surface area contributed by atoms with E-state index < -0.39 is 0 Å². The van der Waals surface area contributed by atoms with Crippen LogP contribution in [0.2, 0.25) is 0 Å². The van der Waals surface area contributed by atoms with Crippen LogP contribution in [-0.4, -0.2) is 10.6 Å². The Balaban J connectivity index is 2.70. The van der Waals surface area contributed by atoms with E-state index in [-0.39, 0.29) is 10.2 Å². The third-order valence-corrected chi connectivity index (χ3v) is 3.75. The normalized spacial score (nSPS) is 37.3. The lowest BCUT2D eigenvalue weighted by atomic mass is 9.72. The average Bonchev–Trinajstić information content (AvgIpc) is 1.81. The van der Waals surface area contributed by atoms with Crippen LogP contribution in [0.5, 0.6) is 0 Å². The Morgan fingerprint density at radius 3 is 2.55 bits per heavy atom. The number of alkyl halides is 1. The number of carbonyl (C=O) groups is 1. The third-order valence-electron chi connectivity index (χ3n) is 2.33. The highest BCUT2D eigenvalue weighted by Gasteiger charge is 2.36. The Labute approximate surface area is 76.7 Å². The van der Waals surface area contributed by atoms with Crippen LogP contribution in [0.1, 0.15) is 33.6 Å². The zero-order chi connectivity index (χ0) is 8.65. The average molecular weight is 219 g/mol. The first-order valence-electron chi connectivity index (χ1n) is 4.09. The molecule has 1 aliphatic carbocycles. The van der Waals surface area contributed by atoms with Crippen molar-refractivity contribution in [3.63, 3.8) is 0 Å². The van der Waals surface area contributed by atoms with E-state index in [0.717, 1.165) is 12.8 Å². The van der Waals surface area contributed by atoms with Gasteiger partial charge in [-0.1, -0.05) is 36.7 Å². The van der Waals surface area contributed by atoms with Crippen molar-refractivity contribution < 1.29 is 4.79 Å². The van der Waals surface area contributed by atoms with Crippen molar-refractivity contribution in [3.05, 3.63) is 0 Å². The third kappa shape index (κ3) is 2.05. The summed E-state index contributed by atoms with van der Waals surface area (Å²) < 4.78 is 0. The van der Waals surface area contributed by atoms with Crippen molar-refractivity contribution >= 4 is 21.7 Å². The topological polar surface area (TPSA) is 17.1 Å². The molecule has 0 aromatic carbocycles. The molecule has 1 nitrogen and oxygen atoms in total. The summed E-state index contributed by atoms with van der Waals surface area (Å²) in [4.78, 5) is 11.5. The maximum absolute atomic E-state index is 11.4. The van der Waals surface area contributed by atoms with Gasteiger partial charge in [-0.25, -0.2) is 0 Å². The van der Waals surface area contributed by atoms with Crippen LogP contribution in [0.3, 0.4) is 0 Å². The lowest BCUT2D eigenvalue weighted by Gasteiger charge is -2.35. The molecule has 0 radical (unpaired) electrons. The number of rotatable bonds is 0. The molecule has 11 heavy (non-hydrogen) atoms. The van der Waals surface area contributed by atoms with Gasteiger partial charge >= 0.3 is 0 Å². The summed E-state index contributed by atoms with van der Waals surface area (Å²) in [5.41, 5.74) is 0.223. The van der Waals surface area contributed by atoms with Gasteiger partial charge in [-0.15, -0.1) is 0 Å². The maximum Gasteiger partial charge on any atom is 0.147 e. The Bertz CT molecular complexity index is 174. The number of ketones is 1. The van der Waals surface area contributed by atoms with Gasteiger partial charge in [-0.05, 0) is 17.8 Å². The van der Waals surface area contributed by atoms with E-state index in [9.17, 15) is 4.79 Å². The minimum Gasteiger partial charge on any atom is -0.298 e. The van der Waals surface area contributed by atoms with Gasteiger partial charge in [0.25, 0.3) is 0 Å². The summed E-state index contributed by atoms with van der Waals surface area (Å²) in [5.74, 6) is 0.861. The van der Waals surface area contributed by atoms with Crippen LogP contribution in [0.15, 0.2) is 0 Å². The highest BCUT2D eigenvalue weighted by Crippen LogP contribution is 2.39. The molecule has 1 fully saturated rings. The highest BCUT2D eigenvalue weighted by atomic mass is 79.9. The van der Waals surface area contributed by atoms with E-state index in [4.69, 9.17) is 0 Å². The van der Waals surface area contributed by atoms with Gasteiger partial charge in [0.15, 0.2) is 0 Å². The van der Waals surface area contributed by atoms with Crippen molar-refractivity contribution in [1.29, 1.82) is 0 Å². The second-order valence-electron chi connectivity index (χ2n) is 4.39. The molecule has 0 heterocycles. The zero-order valence-electron chi connectivity index (χ0n) is 7.36. The predicted octanol–water partition coefficient (Wildman–Crippen LogP) is 2.78. The van der Waals surface area contributed by atoms with Crippen LogP contribution >= 0.6 is 15.9 Å². The van der Waals surface area contributed by atoms with Crippen LogP contribution in [-0.2, 0) is 4.79 Å². The van der Waals surface area contributed by atoms with Gasteiger partial charge in [0.1, 0.15) is 5.78 Å². The molecule has 1 saturated carbocycles. The number of hydrogen-bond donors (Lipinski definition) is 0. The maximum atomic E-state index is 11.4. The smallest absolute Gasteiger partial charge is 0.147 e. The van der Waals surface area contributed by atoms with Crippen LogP contribution in [0.4, 0.5) is 0 Å². The van der Waals surface area contributed by atoms with Gasteiger partial charge in [-0.2, -0.15) is 0 Å². The predicted molar refractivity (Wildman–Crippen MR) is 49.9 cm³/mol. The quantitative estimate of drug-likeness (QED) is 0.572. The van der Waals surface area contributed by atoms with Crippen molar-refractivity contribution in [2.24, 2.45) is 11.3 Å². The first-order valence-corrected chi connectivity index (χ1v) is 5.01. The molecule has 2 unspecified atom stereocenters. The Hall–Kier alpha value is 0.150. The summed E-state index contributed by atoms with van der Waals surface area (Å²) in [7, 11) is 0. The molecule has 64 valence electrons. The van der Waals surface area contributed by atoms with Gasteiger partial charge in [0.05, 0.1) is 4.83 Å². The van der Waals surface area contributed by atoms with E-state index in [2.05, 4.69) is 36.7 Å². The molecule has 0 aromatic rings. The molecule has 0 N–H and O–H groups in total. The second-order valence-corrected chi connectivity index (χ2v) is 5.38. The fourth-order valence-electron chi connectivity index (χ4n) is 1.93. The monoisotopic (exact) mass is 218 g/mol. The molecule has 0 aliphatic heterocycles. The molecular formula is C9H15BrO. The molecule has 2 heteroatoms. The number of carbonyl (C=O) groups excluding carboxylic acids is 1. The summed E-state index contributed by atoms with van der Waals surface area (Å²) in [6.07, 6.45) is 1.88. The van der Waals surface area contributed by atoms with Gasteiger partial charge in [0, 0.05) is 6.42 Å². The van der Waals surface area contributed by atoms with Gasteiger partial charge in [0.2, 0.25) is 0 Å². The molecule has 0 amide bonds. The molecule has 1 aliphatic rings. The molecule has 0 bridgehead atoms. The van der Waals surface area contributed by atoms with E-state index in [0.29, 0.717) is 11.7 Å². The first-order chi connectivity index (χ1) is 4.92. The van der Waals surface area contributed by atoms with Crippen LogP contribution in [0, 0.1) is 11.3 Å². The molecule has 2 atom stereocenters.